The number of benzene rings is 2. The van der Waals surface area contributed by atoms with Gasteiger partial charge < -0.3 is 5.32 Å². The van der Waals surface area contributed by atoms with Gasteiger partial charge in [0.15, 0.2) is 9.84 Å². The van der Waals surface area contributed by atoms with Crippen molar-refractivity contribution >= 4 is 25.8 Å². The molecule has 0 aliphatic heterocycles. The normalized spacial score (nSPS) is 13.3. The maximum absolute atomic E-state index is 12.6. The van der Waals surface area contributed by atoms with E-state index in [4.69, 9.17) is 0 Å². The Balaban J connectivity index is 2.08. The van der Waals surface area contributed by atoms with Crippen LogP contribution in [0.4, 0.5) is 0 Å². The van der Waals surface area contributed by atoms with Gasteiger partial charge in [0.1, 0.15) is 0 Å². The van der Waals surface area contributed by atoms with E-state index >= 15 is 0 Å². The van der Waals surface area contributed by atoms with Crippen molar-refractivity contribution in [2.75, 3.05) is 19.8 Å². The summed E-state index contributed by atoms with van der Waals surface area (Å²) in [5.41, 5.74) is 1.69. The maximum atomic E-state index is 12.6. The SMILES string of the molecule is CCC(NC(=O)CN(C)S(=O)(=O)c1ccc(C)cc1)c1ccc(S(C)(=O)=O)cc1. The Morgan fingerprint density at radius 1 is 0.966 bits per heavy atom. The zero-order valence-corrected chi connectivity index (χ0v) is 18.5. The number of sulfone groups is 1. The first-order valence-electron chi connectivity index (χ1n) is 9.07. The molecule has 0 bridgehead atoms. The van der Waals surface area contributed by atoms with Crippen molar-refractivity contribution in [3.63, 3.8) is 0 Å². The molecular formula is C20H26N2O5S2. The second-order valence-electron chi connectivity index (χ2n) is 6.94. The highest BCUT2D eigenvalue weighted by Crippen LogP contribution is 2.20. The molecular weight excluding hydrogens is 412 g/mol. The number of rotatable bonds is 8. The summed E-state index contributed by atoms with van der Waals surface area (Å²) in [6.45, 7) is 3.41. The fourth-order valence-electron chi connectivity index (χ4n) is 2.79. The van der Waals surface area contributed by atoms with Crippen molar-refractivity contribution in [2.45, 2.75) is 36.1 Å². The molecule has 0 heterocycles. The third-order valence-corrected chi connectivity index (χ3v) is 7.50. The van der Waals surface area contributed by atoms with Gasteiger partial charge in [0, 0.05) is 13.3 Å². The van der Waals surface area contributed by atoms with Gasteiger partial charge in [-0.15, -0.1) is 0 Å². The van der Waals surface area contributed by atoms with E-state index in [0.29, 0.717) is 6.42 Å². The number of hydrogen-bond donors (Lipinski definition) is 1. The number of likely N-dealkylation sites (N-methyl/N-ethyl adjacent to an activating group) is 1. The van der Waals surface area contributed by atoms with Gasteiger partial charge in [0.05, 0.1) is 22.4 Å². The molecule has 2 rings (SSSR count). The van der Waals surface area contributed by atoms with Crippen LogP contribution >= 0.6 is 0 Å². The number of hydrogen-bond acceptors (Lipinski definition) is 5. The second-order valence-corrected chi connectivity index (χ2v) is 11.0. The zero-order valence-electron chi connectivity index (χ0n) is 16.9. The van der Waals surface area contributed by atoms with Gasteiger partial charge in [-0.05, 0) is 43.2 Å². The average Bonchev–Trinajstić information content (AvgIpc) is 2.65. The number of nitrogens with one attached hydrogen (secondary N) is 1. The number of nitrogens with zero attached hydrogens (tertiary/aromatic N) is 1. The fourth-order valence-corrected chi connectivity index (χ4v) is 4.54. The van der Waals surface area contributed by atoms with Gasteiger partial charge >= 0.3 is 0 Å². The van der Waals surface area contributed by atoms with Gasteiger partial charge in [0.2, 0.25) is 15.9 Å². The van der Waals surface area contributed by atoms with E-state index in [1.807, 2.05) is 13.8 Å². The average molecular weight is 439 g/mol. The molecule has 0 spiro atoms. The van der Waals surface area contributed by atoms with E-state index in [9.17, 15) is 21.6 Å². The monoisotopic (exact) mass is 438 g/mol. The van der Waals surface area contributed by atoms with Gasteiger partial charge in [0.25, 0.3) is 0 Å². The van der Waals surface area contributed by atoms with E-state index < -0.39 is 25.8 Å². The second kappa shape index (κ2) is 9.06. The standard InChI is InChI=1S/C20H26N2O5S2/c1-5-19(16-8-12-17(13-9-16)28(4,24)25)21-20(23)14-22(3)29(26,27)18-10-6-15(2)7-11-18/h6-13,19H,5,14H2,1-4H3,(H,21,23). The number of amides is 1. The van der Waals surface area contributed by atoms with Gasteiger partial charge in [-0.1, -0.05) is 36.8 Å². The predicted octanol–water partition coefficient (Wildman–Crippen LogP) is 2.29. The molecule has 0 fully saturated rings. The topological polar surface area (TPSA) is 101 Å². The Morgan fingerprint density at radius 2 is 1.48 bits per heavy atom. The molecule has 7 nitrogen and oxygen atoms in total. The minimum Gasteiger partial charge on any atom is -0.348 e. The molecule has 0 saturated carbocycles. The van der Waals surface area contributed by atoms with E-state index in [2.05, 4.69) is 5.32 Å². The minimum absolute atomic E-state index is 0.127. The lowest BCUT2D eigenvalue weighted by Crippen LogP contribution is -2.39. The molecule has 0 aromatic heterocycles. The van der Waals surface area contributed by atoms with E-state index in [0.717, 1.165) is 21.7 Å². The Labute approximate surface area is 172 Å². The van der Waals surface area contributed by atoms with Crippen LogP contribution < -0.4 is 5.32 Å². The molecule has 0 aliphatic carbocycles. The molecule has 2 aromatic rings. The van der Waals surface area contributed by atoms with Crippen LogP contribution in [-0.2, 0) is 24.7 Å². The smallest absolute Gasteiger partial charge is 0.243 e. The van der Waals surface area contributed by atoms with Crippen LogP contribution in [0.5, 0.6) is 0 Å². The van der Waals surface area contributed by atoms with Crippen molar-refractivity contribution in [1.82, 2.24) is 9.62 Å². The highest BCUT2D eigenvalue weighted by Gasteiger charge is 2.24. The summed E-state index contributed by atoms with van der Waals surface area (Å²) in [6.07, 6.45) is 1.70. The van der Waals surface area contributed by atoms with Crippen molar-refractivity contribution in [3.05, 3.63) is 59.7 Å². The number of carbonyl (C=O) groups excluding carboxylic acids is 1. The summed E-state index contributed by atoms with van der Waals surface area (Å²) in [5.74, 6) is -0.442. The number of aryl methyl sites for hydroxylation is 1. The van der Waals surface area contributed by atoms with Gasteiger partial charge in [-0.25, -0.2) is 16.8 Å². The maximum Gasteiger partial charge on any atom is 0.243 e. The Morgan fingerprint density at radius 3 is 1.97 bits per heavy atom. The van der Waals surface area contributed by atoms with Crippen molar-refractivity contribution < 1.29 is 21.6 Å². The van der Waals surface area contributed by atoms with Crippen LogP contribution in [0.1, 0.15) is 30.5 Å². The van der Waals surface area contributed by atoms with Gasteiger partial charge in [-0.2, -0.15) is 4.31 Å². The fraction of sp³-hybridized carbons (Fsp3) is 0.350. The molecule has 2 aromatic carbocycles. The molecule has 1 atom stereocenters. The van der Waals surface area contributed by atoms with Crippen LogP contribution in [0.25, 0.3) is 0 Å². The molecule has 1 unspecified atom stereocenters. The molecule has 1 amide bonds. The van der Waals surface area contributed by atoms with Crippen LogP contribution in [-0.4, -0.2) is 46.9 Å². The largest absolute Gasteiger partial charge is 0.348 e. The summed E-state index contributed by atoms with van der Waals surface area (Å²) < 4.78 is 49.4. The van der Waals surface area contributed by atoms with Crippen LogP contribution in [0.15, 0.2) is 58.3 Å². The number of carbonyl (C=O) groups is 1. The third-order valence-electron chi connectivity index (χ3n) is 4.55. The number of sulfonamides is 1. The molecule has 0 aliphatic rings. The summed E-state index contributed by atoms with van der Waals surface area (Å²) in [7, 11) is -5.71. The van der Waals surface area contributed by atoms with Crippen molar-refractivity contribution in [3.8, 4) is 0 Å². The molecule has 0 radical (unpaired) electrons. The first-order chi connectivity index (χ1) is 13.4. The Bertz CT molecular complexity index is 1060. The Kier molecular flexibility index (Phi) is 7.20. The lowest BCUT2D eigenvalue weighted by molar-refractivity contribution is -0.121. The predicted molar refractivity (Wildman–Crippen MR) is 112 cm³/mol. The zero-order chi connectivity index (χ0) is 21.8. The van der Waals surface area contributed by atoms with Gasteiger partial charge in [-0.3, -0.25) is 4.79 Å². The van der Waals surface area contributed by atoms with Crippen LogP contribution in [0.3, 0.4) is 0 Å². The summed E-state index contributed by atoms with van der Waals surface area (Å²) >= 11 is 0. The highest BCUT2D eigenvalue weighted by molar-refractivity contribution is 7.90. The summed E-state index contributed by atoms with van der Waals surface area (Å²) in [5, 5.41) is 2.81. The van der Waals surface area contributed by atoms with E-state index in [1.54, 1.807) is 24.3 Å². The van der Waals surface area contributed by atoms with E-state index in [1.165, 1.54) is 31.3 Å². The van der Waals surface area contributed by atoms with Crippen LogP contribution in [0, 0.1) is 6.92 Å². The van der Waals surface area contributed by atoms with Crippen molar-refractivity contribution in [1.29, 1.82) is 0 Å². The molecule has 0 saturated heterocycles. The molecule has 1 N–H and O–H groups in total. The first kappa shape index (κ1) is 23.1. The lowest BCUT2D eigenvalue weighted by atomic mass is 10.0. The van der Waals surface area contributed by atoms with Crippen LogP contribution in [0.2, 0.25) is 0 Å². The lowest BCUT2D eigenvalue weighted by Gasteiger charge is -2.21. The highest BCUT2D eigenvalue weighted by atomic mass is 32.2. The summed E-state index contributed by atoms with van der Waals surface area (Å²) in [4.78, 5) is 12.8. The third kappa shape index (κ3) is 5.88. The minimum atomic E-state index is -3.77. The molecule has 9 heteroatoms. The first-order valence-corrected chi connectivity index (χ1v) is 12.4. The van der Waals surface area contributed by atoms with E-state index in [-0.39, 0.29) is 22.4 Å². The molecule has 158 valence electrons. The van der Waals surface area contributed by atoms with Crippen molar-refractivity contribution in [2.24, 2.45) is 0 Å². The summed E-state index contributed by atoms with van der Waals surface area (Å²) in [6, 6.07) is 12.4. The molecule has 29 heavy (non-hydrogen) atoms. The quantitative estimate of drug-likeness (QED) is 0.681. The Hall–Kier alpha value is -2.23.